The highest BCUT2D eigenvalue weighted by Crippen LogP contribution is 2.28. The molecule has 0 spiro atoms. The van der Waals surface area contributed by atoms with Crippen molar-refractivity contribution in [3.05, 3.63) is 54.1 Å². The van der Waals surface area contributed by atoms with Crippen molar-refractivity contribution in [2.24, 2.45) is 0 Å². The average Bonchev–Trinajstić information content (AvgIpc) is 2.61. The Kier molecular flexibility index (Phi) is 6.25. The minimum absolute atomic E-state index is 0.242. The van der Waals surface area contributed by atoms with E-state index in [0.29, 0.717) is 29.5 Å². The maximum absolute atomic E-state index is 12.1. The molecule has 5 heteroatoms. The second-order valence-corrected chi connectivity index (χ2v) is 4.87. The van der Waals surface area contributed by atoms with Crippen LogP contribution in [0.1, 0.15) is 12.5 Å². The summed E-state index contributed by atoms with van der Waals surface area (Å²) in [4.78, 5) is 12.1. The summed E-state index contributed by atoms with van der Waals surface area (Å²) >= 11 is 0. The van der Waals surface area contributed by atoms with Gasteiger partial charge in [-0.3, -0.25) is 4.79 Å². The minimum atomic E-state index is -0.242. The first-order valence-electron chi connectivity index (χ1n) is 7.60. The molecule has 0 aliphatic carbocycles. The first-order chi connectivity index (χ1) is 11.7. The lowest BCUT2D eigenvalue weighted by molar-refractivity contribution is -0.111. The van der Waals surface area contributed by atoms with Gasteiger partial charge in [-0.1, -0.05) is 18.2 Å². The van der Waals surface area contributed by atoms with Gasteiger partial charge in [0.25, 0.3) is 0 Å². The molecular formula is C19H21NO4. The Bertz CT molecular complexity index is 725. The fourth-order valence-electron chi connectivity index (χ4n) is 2.16. The van der Waals surface area contributed by atoms with Crippen molar-refractivity contribution >= 4 is 17.7 Å². The quantitative estimate of drug-likeness (QED) is 0.787. The molecule has 126 valence electrons. The summed E-state index contributed by atoms with van der Waals surface area (Å²) in [5, 5.41) is 2.79. The van der Waals surface area contributed by atoms with Crippen LogP contribution in [0.5, 0.6) is 17.2 Å². The van der Waals surface area contributed by atoms with E-state index in [0.717, 1.165) is 5.56 Å². The Morgan fingerprint density at radius 1 is 1.04 bits per heavy atom. The Morgan fingerprint density at radius 2 is 1.79 bits per heavy atom. The Hall–Kier alpha value is -2.95. The maximum Gasteiger partial charge on any atom is 0.248 e. The van der Waals surface area contributed by atoms with Gasteiger partial charge in [-0.05, 0) is 42.8 Å². The van der Waals surface area contributed by atoms with Gasteiger partial charge in [-0.15, -0.1) is 0 Å². The van der Waals surface area contributed by atoms with Crippen LogP contribution in [0.15, 0.2) is 48.5 Å². The van der Waals surface area contributed by atoms with Crippen molar-refractivity contribution in [2.75, 3.05) is 26.1 Å². The number of hydrogen-bond acceptors (Lipinski definition) is 4. The van der Waals surface area contributed by atoms with Gasteiger partial charge in [0.2, 0.25) is 5.91 Å². The molecule has 0 radical (unpaired) electrons. The summed E-state index contributed by atoms with van der Waals surface area (Å²) in [6, 6.07) is 12.7. The molecule has 24 heavy (non-hydrogen) atoms. The molecule has 0 saturated heterocycles. The van der Waals surface area contributed by atoms with Gasteiger partial charge in [-0.25, -0.2) is 0 Å². The van der Waals surface area contributed by atoms with Crippen LogP contribution < -0.4 is 19.5 Å². The zero-order valence-corrected chi connectivity index (χ0v) is 14.0. The number of para-hydroxylation sites is 2. The molecule has 2 aromatic carbocycles. The number of rotatable bonds is 7. The third-order valence-electron chi connectivity index (χ3n) is 3.28. The predicted molar refractivity (Wildman–Crippen MR) is 94.8 cm³/mol. The molecule has 5 nitrogen and oxygen atoms in total. The van der Waals surface area contributed by atoms with E-state index in [1.54, 1.807) is 32.4 Å². The van der Waals surface area contributed by atoms with E-state index in [1.807, 2.05) is 37.3 Å². The van der Waals surface area contributed by atoms with Gasteiger partial charge in [0.15, 0.2) is 11.5 Å². The standard InChI is InChI=1S/C19H21NO4/c1-4-24-18-13-14(9-11-17(18)23-3)10-12-19(21)20-15-7-5-6-8-16(15)22-2/h5-13H,4H2,1-3H3,(H,20,21)/b12-10+. The van der Waals surface area contributed by atoms with Crippen LogP contribution in [-0.4, -0.2) is 26.7 Å². The molecule has 0 unspecified atom stereocenters. The minimum Gasteiger partial charge on any atom is -0.495 e. The molecular weight excluding hydrogens is 306 g/mol. The molecule has 0 atom stereocenters. The normalized spacial score (nSPS) is 10.5. The molecule has 1 amide bonds. The molecule has 0 fully saturated rings. The van der Waals surface area contributed by atoms with E-state index in [9.17, 15) is 4.79 Å². The first-order valence-corrected chi connectivity index (χ1v) is 7.60. The number of methoxy groups -OCH3 is 2. The van der Waals surface area contributed by atoms with Crippen LogP contribution in [0, 0.1) is 0 Å². The summed E-state index contributed by atoms with van der Waals surface area (Å²) in [5.74, 6) is 1.68. The monoisotopic (exact) mass is 327 g/mol. The fourth-order valence-corrected chi connectivity index (χ4v) is 2.16. The summed E-state index contributed by atoms with van der Waals surface area (Å²) < 4.78 is 16.0. The average molecular weight is 327 g/mol. The molecule has 0 bridgehead atoms. The fraction of sp³-hybridized carbons (Fsp3) is 0.211. The van der Waals surface area contributed by atoms with Gasteiger partial charge in [0.05, 0.1) is 26.5 Å². The molecule has 2 rings (SSSR count). The highest BCUT2D eigenvalue weighted by Gasteiger charge is 2.06. The highest BCUT2D eigenvalue weighted by molar-refractivity contribution is 6.02. The molecule has 0 heterocycles. The number of ether oxygens (including phenoxy) is 3. The topological polar surface area (TPSA) is 56.8 Å². The lowest BCUT2D eigenvalue weighted by atomic mass is 10.2. The van der Waals surface area contributed by atoms with E-state index in [-0.39, 0.29) is 5.91 Å². The third-order valence-corrected chi connectivity index (χ3v) is 3.28. The molecule has 0 aliphatic rings. The zero-order valence-electron chi connectivity index (χ0n) is 14.0. The van der Waals surface area contributed by atoms with Crippen molar-refractivity contribution in [1.29, 1.82) is 0 Å². The highest BCUT2D eigenvalue weighted by atomic mass is 16.5. The number of hydrogen-bond donors (Lipinski definition) is 1. The second-order valence-electron chi connectivity index (χ2n) is 4.87. The summed E-state index contributed by atoms with van der Waals surface area (Å²) in [7, 11) is 3.15. The van der Waals surface area contributed by atoms with E-state index >= 15 is 0 Å². The number of carbonyl (C=O) groups excluding carboxylic acids is 1. The van der Waals surface area contributed by atoms with Crippen LogP contribution in [-0.2, 0) is 4.79 Å². The SMILES string of the molecule is CCOc1cc(/C=C/C(=O)Nc2ccccc2OC)ccc1OC. The van der Waals surface area contributed by atoms with Crippen LogP contribution >= 0.6 is 0 Å². The van der Waals surface area contributed by atoms with E-state index in [1.165, 1.54) is 6.08 Å². The number of nitrogens with one attached hydrogen (secondary N) is 1. The third kappa shape index (κ3) is 4.52. The lowest BCUT2D eigenvalue weighted by Crippen LogP contribution is -2.08. The van der Waals surface area contributed by atoms with Crippen molar-refractivity contribution in [3.63, 3.8) is 0 Å². The van der Waals surface area contributed by atoms with Crippen molar-refractivity contribution < 1.29 is 19.0 Å². The molecule has 0 saturated carbocycles. The smallest absolute Gasteiger partial charge is 0.248 e. The number of anilines is 1. The van der Waals surface area contributed by atoms with Crippen molar-refractivity contribution in [3.8, 4) is 17.2 Å². The van der Waals surface area contributed by atoms with Crippen LogP contribution in [0.25, 0.3) is 6.08 Å². The Balaban J connectivity index is 2.09. The summed E-state index contributed by atoms with van der Waals surface area (Å²) in [5.41, 5.74) is 1.47. The zero-order chi connectivity index (χ0) is 17.4. The van der Waals surface area contributed by atoms with E-state index < -0.39 is 0 Å². The maximum atomic E-state index is 12.1. The molecule has 1 N–H and O–H groups in total. The number of carbonyl (C=O) groups is 1. The Labute approximate surface area is 141 Å². The van der Waals surface area contributed by atoms with Crippen molar-refractivity contribution in [2.45, 2.75) is 6.92 Å². The van der Waals surface area contributed by atoms with Crippen LogP contribution in [0.4, 0.5) is 5.69 Å². The van der Waals surface area contributed by atoms with Crippen molar-refractivity contribution in [1.82, 2.24) is 0 Å². The predicted octanol–water partition coefficient (Wildman–Crippen LogP) is 3.75. The van der Waals surface area contributed by atoms with Gasteiger partial charge < -0.3 is 19.5 Å². The van der Waals surface area contributed by atoms with Crippen LogP contribution in [0.3, 0.4) is 0 Å². The number of amides is 1. The molecule has 0 aromatic heterocycles. The second kappa shape index (κ2) is 8.62. The first kappa shape index (κ1) is 17.4. The molecule has 0 aliphatic heterocycles. The largest absolute Gasteiger partial charge is 0.495 e. The summed E-state index contributed by atoms with van der Waals surface area (Å²) in [6.07, 6.45) is 3.18. The van der Waals surface area contributed by atoms with Gasteiger partial charge in [0, 0.05) is 6.08 Å². The van der Waals surface area contributed by atoms with Gasteiger partial charge in [-0.2, -0.15) is 0 Å². The van der Waals surface area contributed by atoms with E-state index in [2.05, 4.69) is 5.32 Å². The lowest BCUT2D eigenvalue weighted by Gasteiger charge is -2.10. The summed E-state index contributed by atoms with van der Waals surface area (Å²) in [6.45, 7) is 2.44. The number of benzene rings is 2. The van der Waals surface area contributed by atoms with Gasteiger partial charge in [0.1, 0.15) is 5.75 Å². The molecule has 2 aromatic rings. The van der Waals surface area contributed by atoms with Crippen LogP contribution in [0.2, 0.25) is 0 Å². The van der Waals surface area contributed by atoms with E-state index in [4.69, 9.17) is 14.2 Å². The Morgan fingerprint density at radius 3 is 2.50 bits per heavy atom. The van der Waals surface area contributed by atoms with Gasteiger partial charge >= 0.3 is 0 Å².